The fourth-order valence-electron chi connectivity index (χ4n) is 3.76. The Bertz CT molecular complexity index is 1080. The molecule has 4 rings (SSSR count). The minimum atomic E-state index is -4.41. The number of hydrogen-bond acceptors (Lipinski definition) is 3. The molecule has 2 heterocycles. The average molecular weight is 429 g/mol. The van der Waals surface area contributed by atoms with Crippen molar-refractivity contribution in [2.45, 2.75) is 25.6 Å². The van der Waals surface area contributed by atoms with Gasteiger partial charge in [-0.1, -0.05) is 24.3 Å². The monoisotopic (exact) mass is 429 g/mol. The van der Waals surface area contributed by atoms with Gasteiger partial charge in [0, 0.05) is 22.5 Å². The van der Waals surface area contributed by atoms with Crippen molar-refractivity contribution in [3.05, 3.63) is 92.7 Å². The highest BCUT2D eigenvalue weighted by Crippen LogP contribution is 2.39. The van der Waals surface area contributed by atoms with E-state index in [0.717, 1.165) is 22.6 Å². The van der Waals surface area contributed by atoms with Crippen LogP contribution < -0.4 is 0 Å². The van der Waals surface area contributed by atoms with Crippen LogP contribution in [0.1, 0.15) is 55.2 Å². The van der Waals surface area contributed by atoms with Crippen LogP contribution in [0.2, 0.25) is 0 Å². The maximum absolute atomic E-state index is 13.3. The van der Waals surface area contributed by atoms with Gasteiger partial charge in [-0.25, -0.2) is 0 Å². The van der Waals surface area contributed by atoms with Gasteiger partial charge in [-0.15, -0.1) is 11.3 Å². The van der Waals surface area contributed by atoms with Gasteiger partial charge in [0.1, 0.15) is 0 Å². The van der Waals surface area contributed by atoms with Crippen LogP contribution in [0.4, 0.5) is 13.2 Å². The van der Waals surface area contributed by atoms with Crippen molar-refractivity contribution in [1.82, 2.24) is 4.90 Å². The predicted octanol–water partition coefficient (Wildman–Crippen LogP) is 5.76. The molecule has 1 unspecified atom stereocenters. The lowest BCUT2D eigenvalue weighted by atomic mass is 9.92. The third-order valence-electron chi connectivity index (χ3n) is 5.32. The van der Waals surface area contributed by atoms with Gasteiger partial charge in [-0.05, 0) is 60.2 Å². The molecule has 2 aromatic carbocycles. The largest absolute Gasteiger partial charge is 0.416 e. The Morgan fingerprint density at radius 2 is 1.60 bits per heavy atom. The zero-order chi connectivity index (χ0) is 21.5. The molecule has 7 heteroatoms. The second-order valence-corrected chi connectivity index (χ2v) is 8.20. The standard InChI is InChI=1S/C23H18F3NO2S/c1-14(28)15-2-4-17(5-3-15)22(29)27-12-10-20-19(11-13-30-20)21(27)16-6-8-18(9-7-16)23(24,25)26/h2-9,11,13,21H,10,12H2,1H3. The second-order valence-electron chi connectivity index (χ2n) is 7.20. The van der Waals surface area contributed by atoms with Crippen molar-refractivity contribution >= 4 is 23.0 Å². The quantitative estimate of drug-likeness (QED) is 0.497. The first-order valence-electron chi connectivity index (χ1n) is 9.41. The number of halogens is 3. The molecule has 1 aliphatic rings. The van der Waals surface area contributed by atoms with E-state index in [0.29, 0.717) is 29.7 Å². The number of nitrogens with zero attached hydrogens (tertiary/aromatic N) is 1. The summed E-state index contributed by atoms with van der Waals surface area (Å²) in [5.74, 6) is -0.302. The summed E-state index contributed by atoms with van der Waals surface area (Å²) in [6, 6.07) is 12.9. The first kappa shape index (κ1) is 20.3. The van der Waals surface area contributed by atoms with Crippen molar-refractivity contribution in [3.8, 4) is 0 Å². The van der Waals surface area contributed by atoms with Crippen LogP contribution in [0, 0.1) is 0 Å². The van der Waals surface area contributed by atoms with Gasteiger partial charge in [0.15, 0.2) is 5.78 Å². The average Bonchev–Trinajstić information content (AvgIpc) is 3.21. The summed E-state index contributed by atoms with van der Waals surface area (Å²) in [6.07, 6.45) is -3.71. The van der Waals surface area contributed by atoms with Gasteiger partial charge in [-0.3, -0.25) is 9.59 Å². The van der Waals surface area contributed by atoms with Crippen molar-refractivity contribution in [2.24, 2.45) is 0 Å². The van der Waals surface area contributed by atoms with E-state index in [1.165, 1.54) is 19.1 Å². The predicted molar refractivity (Wildman–Crippen MR) is 109 cm³/mol. The van der Waals surface area contributed by atoms with E-state index in [1.54, 1.807) is 40.5 Å². The lowest BCUT2D eigenvalue weighted by Crippen LogP contribution is -2.40. The zero-order valence-corrected chi connectivity index (χ0v) is 16.9. The molecule has 0 saturated carbocycles. The number of thiophene rings is 1. The van der Waals surface area contributed by atoms with Gasteiger partial charge in [0.2, 0.25) is 0 Å². The second kappa shape index (κ2) is 7.72. The summed E-state index contributed by atoms with van der Waals surface area (Å²) in [5, 5.41) is 1.94. The van der Waals surface area contributed by atoms with Gasteiger partial charge in [0.25, 0.3) is 5.91 Å². The summed E-state index contributed by atoms with van der Waals surface area (Å²) in [5.41, 5.74) is 1.82. The summed E-state index contributed by atoms with van der Waals surface area (Å²) in [7, 11) is 0. The van der Waals surface area contributed by atoms with Crippen LogP contribution in [0.5, 0.6) is 0 Å². The lowest BCUT2D eigenvalue weighted by molar-refractivity contribution is -0.137. The van der Waals surface area contributed by atoms with Gasteiger partial charge < -0.3 is 4.90 Å². The summed E-state index contributed by atoms with van der Waals surface area (Å²) < 4.78 is 38.9. The molecule has 0 spiro atoms. The van der Waals surface area contributed by atoms with E-state index < -0.39 is 17.8 Å². The maximum atomic E-state index is 13.3. The SMILES string of the molecule is CC(=O)c1ccc(C(=O)N2CCc3sccc3C2c2ccc(C(F)(F)F)cc2)cc1. The maximum Gasteiger partial charge on any atom is 0.416 e. The van der Waals surface area contributed by atoms with E-state index >= 15 is 0 Å². The first-order chi connectivity index (χ1) is 14.3. The van der Waals surface area contributed by atoms with E-state index in [2.05, 4.69) is 0 Å². The number of fused-ring (bicyclic) bond motifs is 1. The lowest BCUT2D eigenvalue weighted by Gasteiger charge is -2.36. The number of carbonyl (C=O) groups is 2. The van der Waals surface area contributed by atoms with Gasteiger partial charge >= 0.3 is 6.18 Å². The Balaban J connectivity index is 1.71. The minimum absolute atomic E-state index is 0.0856. The molecule has 1 aliphatic heterocycles. The van der Waals surface area contributed by atoms with Crippen LogP contribution >= 0.6 is 11.3 Å². The number of benzene rings is 2. The first-order valence-corrected chi connectivity index (χ1v) is 10.3. The Morgan fingerprint density at radius 3 is 2.20 bits per heavy atom. The number of alkyl halides is 3. The molecule has 0 fully saturated rings. The van der Waals surface area contributed by atoms with E-state index in [4.69, 9.17) is 0 Å². The molecular formula is C23H18F3NO2S. The molecule has 0 saturated heterocycles. The smallest absolute Gasteiger partial charge is 0.327 e. The molecule has 3 aromatic rings. The van der Waals surface area contributed by atoms with Crippen molar-refractivity contribution in [3.63, 3.8) is 0 Å². The number of amides is 1. The minimum Gasteiger partial charge on any atom is -0.327 e. The molecule has 0 radical (unpaired) electrons. The fourth-order valence-corrected chi connectivity index (χ4v) is 4.67. The fraction of sp³-hybridized carbons (Fsp3) is 0.217. The van der Waals surface area contributed by atoms with E-state index in [1.807, 2.05) is 11.4 Å². The van der Waals surface area contributed by atoms with Crippen LogP contribution in [0.3, 0.4) is 0 Å². The molecule has 30 heavy (non-hydrogen) atoms. The molecule has 1 amide bonds. The van der Waals surface area contributed by atoms with Crippen molar-refractivity contribution < 1.29 is 22.8 Å². The number of carbonyl (C=O) groups excluding carboxylic acids is 2. The number of ketones is 1. The van der Waals surface area contributed by atoms with Gasteiger partial charge in [0.05, 0.1) is 11.6 Å². The number of Topliss-reactive ketones (excluding diaryl/α,β-unsaturated/α-hetero) is 1. The molecule has 154 valence electrons. The van der Waals surface area contributed by atoms with E-state index in [9.17, 15) is 22.8 Å². The summed E-state index contributed by atoms with van der Waals surface area (Å²) >= 11 is 1.59. The van der Waals surface area contributed by atoms with Crippen molar-refractivity contribution in [1.29, 1.82) is 0 Å². The third-order valence-corrected chi connectivity index (χ3v) is 6.32. The molecule has 3 nitrogen and oxygen atoms in total. The molecule has 0 aliphatic carbocycles. The molecule has 1 aromatic heterocycles. The Kier molecular flexibility index (Phi) is 5.24. The third kappa shape index (κ3) is 3.77. The van der Waals surface area contributed by atoms with Crippen LogP contribution in [0.15, 0.2) is 60.0 Å². The highest BCUT2D eigenvalue weighted by Gasteiger charge is 2.35. The Labute approximate surface area is 175 Å². The number of rotatable bonds is 3. The molecule has 0 bridgehead atoms. The van der Waals surface area contributed by atoms with Crippen LogP contribution in [0.25, 0.3) is 0 Å². The zero-order valence-electron chi connectivity index (χ0n) is 16.1. The van der Waals surface area contributed by atoms with Crippen molar-refractivity contribution in [2.75, 3.05) is 6.54 Å². The highest BCUT2D eigenvalue weighted by molar-refractivity contribution is 7.10. The van der Waals surface area contributed by atoms with E-state index in [-0.39, 0.29) is 11.7 Å². The normalized spacial score (nSPS) is 16.3. The number of hydrogen-bond donors (Lipinski definition) is 0. The molecular weight excluding hydrogens is 411 g/mol. The Hall–Kier alpha value is -2.93. The topological polar surface area (TPSA) is 37.4 Å². The van der Waals surface area contributed by atoms with Crippen LogP contribution in [-0.2, 0) is 12.6 Å². The Morgan fingerprint density at radius 1 is 0.967 bits per heavy atom. The highest BCUT2D eigenvalue weighted by atomic mass is 32.1. The summed E-state index contributed by atoms with van der Waals surface area (Å²) in [6.45, 7) is 1.92. The van der Waals surface area contributed by atoms with Gasteiger partial charge in [-0.2, -0.15) is 13.2 Å². The summed E-state index contributed by atoms with van der Waals surface area (Å²) in [4.78, 5) is 27.6. The van der Waals surface area contributed by atoms with Crippen LogP contribution in [-0.4, -0.2) is 23.1 Å². The molecule has 1 atom stereocenters. The molecule has 0 N–H and O–H groups in total.